The van der Waals surface area contributed by atoms with Gasteiger partial charge in [0.1, 0.15) is 0 Å². The monoisotopic (exact) mass is 498 g/mol. The molecule has 7 nitrogen and oxygen atoms in total. The summed E-state index contributed by atoms with van der Waals surface area (Å²) in [5, 5.41) is 9.98. The molecule has 0 unspecified atom stereocenters. The van der Waals surface area contributed by atoms with E-state index in [0.717, 1.165) is 55.2 Å². The van der Waals surface area contributed by atoms with Crippen molar-refractivity contribution in [3.63, 3.8) is 0 Å². The molecule has 2 aliphatic heterocycles. The first kappa shape index (κ1) is 24.9. The van der Waals surface area contributed by atoms with Crippen LogP contribution in [0.1, 0.15) is 30.5 Å². The van der Waals surface area contributed by atoms with Gasteiger partial charge in [0.15, 0.2) is 11.5 Å². The molecule has 1 fully saturated rings. The summed E-state index contributed by atoms with van der Waals surface area (Å²) in [7, 11) is 0. The zero-order valence-corrected chi connectivity index (χ0v) is 21.5. The van der Waals surface area contributed by atoms with Crippen LogP contribution in [0.2, 0.25) is 0 Å². The number of carbonyl (C=O) groups is 1. The van der Waals surface area contributed by atoms with Crippen molar-refractivity contribution in [2.45, 2.75) is 20.4 Å². The minimum absolute atomic E-state index is 0.159. The number of carbonyl (C=O) groups excluding carboxylic acids is 1. The van der Waals surface area contributed by atoms with Crippen molar-refractivity contribution in [1.29, 1.82) is 0 Å². The number of benzene rings is 3. The molecule has 0 saturated carbocycles. The van der Waals surface area contributed by atoms with Crippen LogP contribution in [-0.4, -0.2) is 50.2 Å². The fourth-order valence-corrected chi connectivity index (χ4v) is 4.81. The van der Waals surface area contributed by atoms with Gasteiger partial charge in [-0.25, -0.2) is 0 Å². The standard InChI is InChI=1S/C30H34N4O3/c1-3-36-26-18-24-25(19-27(26)37-4-2)33-30(35)28(24)29(22-8-6-5-7-9-22)32-23-12-10-21(11-13-23)20-34-16-14-31-15-17-34/h5-13,18-19,31-32H,3-4,14-17,20H2,1-2H3,(H,33,35)/b29-28-. The molecule has 0 aromatic heterocycles. The predicted molar refractivity (Wildman–Crippen MR) is 149 cm³/mol. The number of nitrogens with one attached hydrogen (secondary N) is 3. The number of fused-ring (bicyclic) bond motifs is 1. The molecular weight excluding hydrogens is 464 g/mol. The molecule has 0 spiro atoms. The summed E-state index contributed by atoms with van der Waals surface area (Å²) in [4.78, 5) is 15.8. The van der Waals surface area contributed by atoms with Crippen LogP contribution in [-0.2, 0) is 11.3 Å². The third kappa shape index (κ3) is 5.63. The maximum Gasteiger partial charge on any atom is 0.258 e. The van der Waals surface area contributed by atoms with Gasteiger partial charge in [-0.15, -0.1) is 0 Å². The molecule has 0 bridgehead atoms. The minimum Gasteiger partial charge on any atom is -0.490 e. The van der Waals surface area contributed by atoms with E-state index in [1.165, 1.54) is 5.56 Å². The Balaban J connectivity index is 1.51. The number of nitrogens with zero attached hydrogens (tertiary/aromatic N) is 1. The van der Waals surface area contributed by atoms with Gasteiger partial charge >= 0.3 is 0 Å². The van der Waals surface area contributed by atoms with Crippen molar-refractivity contribution < 1.29 is 14.3 Å². The normalized spacial score (nSPS) is 16.6. The van der Waals surface area contributed by atoms with Crippen molar-refractivity contribution in [1.82, 2.24) is 10.2 Å². The minimum atomic E-state index is -0.159. The molecule has 0 aliphatic carbocycles. The van der Waals surface area contributed by atoms with Gasteiger partial charge < -0.3 is 25.4 Å². The molecule has 37 heavy (non-hydrogen) atoms. The molecule has 3 N–H and O–H groups in total. The Kier molecular flexibility index (Phi) is 7.73. The van der Waals surface area contributed by atoms with Crippen LogP contribution in [0.5, 0.6) is 11.5 Å². The van der Waals surface area contributed by atoms with Crippen molar-refractivity contribution >= 4 is 28.6 Å². The van der Waals surface area contributed by atoms with E-state index in [9.17, 15) is 4.79 Å². The lowest BCUT2D eigenvalue weighted by Gasteiger charge is -2.27. The number of hydrogen-bond donors (Lipinski definition) is 3. The van der Waals surface area contributed by atoms with Crippen LogP contribution < -0.4 is 25.4 Å². The highest BCUT2D eigenvalue weighted by Gasteiger charge is 2.30. The number of anilines is 2. The van der Waals surface area contributed by atoms with E-state index >= 15 is 0 Å². The average Bonchev–Trinajstić information content (AvgIpc) is 3.24. The fourth-order valence-electron chi connectivity index (χ4n) is 4.81. The molecule has 2 heterocycles. The Morgan fingerprint density at radius 3 is 2.27 bits per heavy atom. The van der Waals surface area contributed by atoms with Crippen LogP contribution >= 0.6 is 0 Å². The first-order valence-electron chi connectivity index (χ1n) is 13.0. The molecule has 2 aliphatic rings. The number of piperazine rings is 1. The van der Waals surface area contributed by atoms with Crippen LogP contribution in [0.4, 0.5) is 11.4 Å². The van der Waals surface area contributed by atoms with Crippen LogP contribution in [0.15, 0.2) is 66.7 Å². The van der Waals surface area contributed by atoms with Gasteiger partial charge in [0.2, 0.25) is 0 Å². The van der Waals surface area contributed by atoms with E-state index in [-0.39, 0.29) is 5.91 Å². The van der Waals surface area contributed by atoms with E-state index in [0.29, 0.717) is 36.0 Å². The second-order valence-electron chi connectivity index (χ2n) is 9.13. The van der Waals surface area contributed by atoms with E-state index in [2.05, 4.69) is 45.1 Å². The summed E-state index contributed by atoms with van der Waals surface area (Å²) in [6, 6.07) is 22.2. The van der Waals surface area contributed by atoms with Gasteiger partial charge in [0.25, 0.3) is 5.91 Å². The summed E-state index contributed by atoms with van der Waals surface area (Å²) >= 11 is 0. The maximum absolute atomic E-state index is 13.3. The molecule has 3 aromatic carbocycles. The summed E-state index contributed by atoms with van der Waals surface area (Å²) < 4.78 is 11.6. The van der Waals surface area contributed by atoms with E-state index in [1.54, 1.807) is 0 Å². The van der Waals surface area contributed by atoms with Crippen LogP contribution in [0.3, 0.4) is 0 Å². The highest BCUT2D eigenvalue weighted by atomic mass is 16.5. The molecule has 3 aromatic rings. The Morgan fingerprint density at radius 1 is 0.919 bits per heavy atom. The third-order valence-corrected chi connectivity index (χ3v) is 6.58. The summed E-state index contributed by atoms with van der Waals surface area (Å²) in [6.45, 7) is 10.0. The average molecular weight is 499 g/mol. The topological polar surface area (TPSA) is 74.9 Å². The summed E-state index contributed by atoms with van der Waals surface area (Å²) in [5.41, 5.74) is 5.96. The van der Waals surface area contributed by atoms with E-state index < -0.39 is 0 Å². The quantitative estimate of drug-likeness (QED) is 0.367. The van der Waals surface area contributed by atoms with Gasteiger partial charge in [0, 0.05) is 50.0 Å². The third-order valence-electron chi connectivity index (χ3n) is 6.58. The molecule has 0 radical (unpaired) electrons. The molecule has 192 valence electrons. The Hall–Kier alpha value is -3.81. The first-order valence-corrected chi connectivity index (χ1v) is 13.0. The van der Waals surface area contributed by atoms with Gasteiger partial charge in [-0.2, -0.15) is 0 Å². The van der Waals surface area contributed by atoms with Crippen molar-refractivity contribution in [2.75, 3.05) is 50.0 Å². The van der Waals surface area contributed by atoms with Crippen molar-refractivity contribution in [2.24, 2.45) is 0 Å². The smallest absolute Gasteiger partial charge is 0.258 e. The number of hydrogen-bond acceptors (Lipinski definition) is 6. The lowest BCUT2D eigenvalue weighted by molar-refractivity contribution is -0.110. The maximum atomic E-state index is 13.3. The molecule has 1 saturated heterocycles. The van der Waals surface area contributed by atoms with Crippen LogP contribution in [0.25, 0.3) is 11.3 Å². The number of amides is 1. The number of ether oxygens (including phenoxy) is 2. The highest BCUT2D eigenvalue weighted by Crippen LogP contribution is 2.43. The fraction of sp³-hybridized carbons (Fsp3) is 0.300. The van der Waals surface area contributed by atoms with Crippen LogP contribution in [0, 0.1) is 0 Å². The van der Waals surface area contributed by atoms with Gasteiger partial charge in [-0.3, -0.25) is 9.69 Å². The number of rotatable bonds is 9. The highest BCUT2D eigenvalue weighted by molar-refractivity contribution is 6.37. The summed E-state index contributed by atoms with van der Waals surface area (Å²) in [5.74, 6) is 1.09. The van der Waals surface area contributed by atoms with E-state index in [4.69, 9.17) is 9.47 Å². The Bertz CT molecular complexity index is 1270. The largest absolute Gasteiger partial charge is 0.490 e. The zero-order chi connectivity index (χ0) is 25.6. The zero-order valence-electron chi connectivity index (χ0n) is 21.5. The molecule has 7 heteroatoms. The second kappa shape index (κ2) is 11.5. The predicted octanol–water partition coefficient (Wildman–Crippen LogP) is 4.82. The van der Waals surface area contributed by atoms with Gasteiger partial charge in [-0.05, 0) is 43.2 Å². The lowest BCUT2D eigenvalue weighted by atomic mass is 9.99. The SMILES string of the molecule is CCOc1cc2c(cc1OCC)/C(=C(/Nc1ccc(CN3CCNCC3)cc1)c1ccccc1)C(=O)N2. The Morgan fingerprint density at radius 2 is 1.59 bits per heavy atom. The molecule has 1 amide bonds. The van der Waals surface area contributed by atoms with Crippen molar-refractivity contribution in [3.05, 3.63) is 83.4 Å². The second-order valence-corrected chi connectivity index (χ2v) is 9.13. The Labute approximate surface area is 218 Å². The summed E-state index contributed by atoms with van der Waals surface area (Å²) in [6.07, 6.45) is 0. The molecular formula is C30H34N4O3. The van der Waals surface area contributed by atoms with Gasteiger partial charge in [-0.1, -0.05) is 42.5 Å². The molecule has 0 atom stereocenters. The molecule has 5 rings (SSSR count). The van der Waals surface area contributed by atoms with Gasteiger partial charge in [0.05, 0.1) is 30.2 Å². The van der Waals surface area contributed by atoms with Crippen molar-refractivity contribution in [3.8, 4) is 11.5 Å². The lowest BCUT2D eigenvalue weighted by Crippen LogP contribution is -2.42. The van der Waals surface area contributed by atoms with E-state index in [1.807, 2.05) is 56.3 Å². The first-order chi connectivity index (χ1) is 18.2.